The normalized spacial score (nSPS) is 13.3. The van der Waals surface area contributed by atoms with Gasteiger partial charge in [0.2, 0.25) is 0 Å². The molecule has 3 nitrogen and oxygen atoms in total. The number of aliphatic hydroxyl groups is 1. The molecule has 1 aromatic heterocycles. The van der Waals surface area contributed by atoms with Crippen LogP contribution in [-0.2, 0) is 6.54 Å². The molecule has 1 atom stereocenters. The maximum atomic E-state index is 9.04. The first-order valence-electron chi connectivity index (χ1n) is 6.39. The number of nitrogens with one attached hydrogen (secondary N) is 1. The van der Waals surface area contributed by atoms with Gasteiger partial charge < -0.3 is 10.4 Å². The molecule has 1 aromatic carbocycles. The van der Waals surface area contributed by atoms with Crippen LogP contribution in [0.25, 0.3) is 10.2 Å². The van der Waals surface area contributed by atoms with E-state index in [1.807, 2.05) is 18.2 Å². The summed E-state index contributed by atoms with van der Waals surface area (Å²) in [6, 6.07) is 8.55. The van der Waals surface area contributed by atoms with Gasteiger partial charge in [0.05, 0.1) is 10.2 Å². The fraction of sp³-hybridized carbons (Fsp3) is 0.500. The summed E-state index contributed by atoms with van der Waals surface area (Å²) in [5, 5.41) is 13.6. The number of thiazole rings is 1. The standard InChI is InChI=1S/C14H20N2OS/c1-10(2)11(7-8-17)15-9-14-16-12-5-3-4-6-13(12)18-14/h3-6,10-11,15,17H,7-9H2,1-2H3. The molecule has 2 aromatic rings. The Balaban J connectivity index is 2.00. The second-order valence-corrected chi connectivity index (χ2v) is 5.93. The van der Waals surface area contributed by atoms with Crippen molar-refractivity contribution < 1.29 is 5.11 Å². The fourth-order valence-corrected chi connectivity index (χ4v) is 2.94. The molecule has 98 valence electrons. The molecule has 0 radical (unpaired) electrons. The largest absolute Gasteiger partial charge is 0.396 e. The maximum absolute atomic E-state index is 9.04. The Morgan fingerprint density at radius 2 is 2.11 bits per heavy atom. The molecule has 0 saturated heterocycles. The first-order valence-corrected chi connectivity index (χ1v) is 7.21. The summed E-state index contributed by atoms with van der Waals surface area (Å²) < 4.78 is 1.23. The van der Waals surface area contributed by atoms with Crippen LogP contribution in [0, 0.1) is 5.92 Å². The Morgan fingerprint density at radius 3 is 2.78 bits per heavy atom. The van der Waals surface area contributed by atoms with Crippen LogP contribution < -0.4 is 5.32 Å². The number of aliphatic hydroxyl groups excluding tert-OH is 1. The maximum Gasteiger partial charge on any atom is 0.108 e. The molecule has 0 amide bonds. The molecule has 0 bridgehead atoms. The highest BCUT2D eigenvalue weighted by Gasteiger charge is 2.13. The molecule has 1 unspecified atom stereocenters. The molecule has 2 rings (SSSR count). The van der Waals surface area contributed by atoms with Crippen molar-refractivity contribution in [3.05, 3.63) is 29.3 Å². The lowest BCUT2D eigenvalue weighted by atomic mass is 10.0. The van der Waals surface area contributed by atoms with Crippen LogP contribution >= 0.6 is 11.3 Å². The molecule has 2 N–H and O–H groups in total. The Kier molecular flexibility index (Phi) is 4.69. The van der Waals surface area contributed by atoms with Crippen LogP contribution in [0.2, 0.25) is 0 Å². The summed E-state index contributed by atoms with van der Waals surface area (Å²) in [4.78, 5) is 4.60. The molecule has 0 aliphatic heterocycles. The second-order valence-electron chi connectivity index (χ2n) is 4.82. The smallest absolute Gasteiger partial charge is 0.108 e. The van der Waals surface area contributed by atoms with Gasteiger partial charge in [0.1, 0.15) is 5.01 Å². The lowest BCUT2D eigenvalue weighted by Crippen LogP contribution is -2.34. The quantitative estimate of drug-likeness (QED) is 0.843. The highest BCUT2D eigenvalue weighted by molar-refractivity contribution is 7.18. The average Bonchev–Trinajstić information content (AvgIpc) is 2.76. The minimum Gasteiger partial charge on any atom is -0.396 e. The Hall–Kier alpha value is -0.970. The predicted molar refractivity (Wildman–Crippen MR) is 76.8 cm³/mol. The number of benzene rings is 1. The molecule has 0 aliphatic rings. The van der Waals surface area contributed by atoms with Crippen molar-refractivity contribution in [3.8, 4) is 0 Å². The number of rotatable bonds is 6. The van der Waals surface area contributed by atoms with Crippen LogP contribution in [-0.4, -0.2) is 22.7 Å². The molecule has 4 heteroatoms. The van der Waals surface area contributed by atoms with Gasteiger partial charge >= 0.3 is 0 Å². The van der Waals surface area contributed by atoms with E-state index in [9.17, 15) is 0 Å². The van der Waals surface area contributed by atoms with Crippen molar-refractivity contribution >= 4 is 21.6 Å². The van der Waals surface area contributed by atoms with Crippen molar-refractivity contribution in [3.63, 3.8) is 0 Å². The van der Waals surface area contributed by atoms with Crippen LogP contribution in [0.4, 0.5) is 0 Å². The lowest BCUT2D eigenvalue weighted by molar-refractivity contribution is 0.244. The molecule has 0 spiro atoms. The highest BCUT2D eigenvalue weighted by Crippen LogP contribution is 2.21. The molecule has 0 saturated carbocycles. The van der Waals surface area contributed by atoms with E-state index in [-0.39, 0.29) is 6.61 Å². The molecule has 0 fully saturated rings. The zero-order valence-electron chi connectivity index (χ0n) is 10.9. The summed E-state index contributed by atoms with van der Waals surface area (Å²) in [5.74, 6) is 0.520. The van der Waals surface area contributed by atoms with Crippen LogP contribution in [0.1, 0.15) is 25.3 Å². The van der Waals surface area contributed by atoms with E-state index in [4.69, 9.17) is 5.11 Å². The number of hydrogen-bond acceptors (Lipinski definition) is 4. The minimum atomic E-state index is 0.232. The van der Waals surface area contributed by atoms with Gasteiger partial charge in [-0.25, -0.2) is 4.98 Å². The zero-order chi connectivity index (χ0) is 13.0. The van der Waals surface area contributed by atoms with E-state index in [0.29, 0.717) is 12.0 Å². The first-order chi connectivity index (χ1) is 8.70. The third-order valence-electron chi connectivity index (χ3n) is 3.10. The monoisotopic (exact) mass is 264 g/mol. The van der Waals surface area contributed by atoms with Gasteiger partial charge in [-0.2, -0.15) is 0 Å². The minimum absolute atomic E-state index is 0.232. The topological polar surface area (TPSA) is 45.1 Å². The van der Waals surface area contributed by atoms with E-state index in [1.54, 1.807) is 11.3 Å². The Bertz CT molecular complexity index is 462. The van der Waals surface area contributed by atoms with E-state index >= 15 is 0 Å². The van der Waals surface area contributed by atoms with E-state index in [1.165, 1.54) is 4.70 Å². The summed E-state index contributed by atoms with van der Waals surface area (Å²) in [6.07, 6.45) is 0.794. The molecule has 0 aliphatic carbocycles. The van der Waals surface area contributed by atoms with Crippen molar-refractivity contribution in [2.45, 2.75) is 32.9 Å². The number of hydrogen-bond donors (Lipinski definition) is 2. The molecular formula is C14H20N2OS. The zero-order valence-corrected chi connectivity index (χ0v) is 11.7. The van der Waals surface area contributed by atoms with Crippen molar-refractivity contribution in [1.29, 1.82) is 0 Å². The summed E-state index contributed by atoms with van der Waals surface area (Å²) in [5.41, 5.74) is 1.07. The Morgan fingerprint density at radius 1 is 1.33 bits per heavy atom. The average molecular weight is 264 g/mol. The van der Waals surface area contributed by atoms with E-state index < -0.39 is 0 Å². The lowest BCUT2D eigenvalue weighted by Gasteiger charge is -2.20. The second kappa shape index (κ2) is 6.27. The predicted octanol–water partition coefficient (Wildman–Crippen LogP) is 2.79. The van der Waals surface area contributed by atoms with Crippen LogP contribution in [0.5, 0.6) is 0 Å². The van der Waals surface area contributed by atoms with Crippen molar-refractivity contribution in [2.75, 3.05) is 6.61 Å². The van der Waals surface area contributed by atoms with Crippen LogP contribution in [0.15, 0.2) is 24.3 Å². The fourth-order valence-electron chi connectivity index (χ4n) is 2.02. The summed E-state index contributed by atoms with van der Waals surface area (Å²) in [6.45, 7) is 5.36. The number of para-hydroxylation sites is 1. The third kappa shape index (κ3) is 3.28. The molecular weight excluding hydrogens is 244 g/mol. The molecule has 1 heterocycles. The summed E-state index contributed by atoms with van der Waals surface area (Å²) in [7, 11) is 0. The molecule has 18 heavy (non-hydrogen) atoms. The highest BCUT2D eigenvalue weighted by atomic mass is 32.1. The van der Waals surface area contributed by atoms with Gasteiger partial charge in [-0.1, -0.05) is 26.0 Å². The van der Waals surface area contributed by atoms with Gasteiger partial charge in [0.25, 0.3) is 0 Å². The Labute approximate surface area is 112 Å². The van der Waals surface area contributed by atoms with Gasteiger partial charge in [0, 0.05) is 19.2 Å². The third-order valence-corrected chi connectivity index (χ3v) is 4.13. The SMILES string of the molecule is CC(C)C(CCO)NCc1nc2ccccc2s1. The van der Waals surface area contributed by atoms with Gasteiger partial charge in [0.15, 0.2) is 0 Å². The van der Waals surface area contributed by atoms with Gasteiger partial charge in [-0.05, 0) is 24.5 Å². The van der Waals surface area contributed by atoms with Crippen LogP contribution in [0.3, 0.4) is 0 Å². The van der Waals surface area contributed by atoms with Gasteiger partial charge in [-0.3, -0.25) is 0 Å². The number of aromatic nitrogens is 1. The number of nitrogens with zero attached hydrogens (tertiary/aromatic N) is 1. The summed E-state index contributed by atoms with van der Waals surface area (Å²) >= 11 is 1.73. The van der Waals surface area contributed by atoms with Crippen molar-refractivity contribution in [1.82, 2.24) is 10.3 Å². The van der Waals surface area contributed by atoms with E-state index in [0.717, 1.165) is 23.5 Å². The van der Waals surface area contributed by atoms with E-state index in [2.05, 4.69) is 30.2 Å². The van der Waals surface area contributed by atoms with Gasteiger partial charge in [-0.15, -0.1) is 11.3 Å². The van der Waals surface area contributed by atoms with Crippen molar-refractivity contribution in [2.24, 2.45) is 5.92 Å². The number of fused-ring (bicyclic) bond motifs is 1. The first kappa shape index (κ1) is 13.5.